The Kier molecular flexibility index (Phi) is 32.0. The number of amides is 4. The lowest BCUT2D eigenvalue weighted by atomic mass is 9.86. The molecule has 109 heavy (non-hydrogen) atoms. The third kappa shape index (κ3) is 19.8. The first-order valence-electron chi connectivity index (χ1n) is 33.7. The zero-order valence-corrected chi connectivity index (χ0v) is 57.8. The van der Waals surface area contributed by atoms with Gasteiger partial charge in [0.1, 0.15) is 159 Å². The van der Waals surface area contributed by atoms with E-state index in [4.69, 9.17) is 61.6 Å². The molecule has 0 aromatic heterocycles. The molecule has 50 heteroatoms. The molecule has 0 bridgehead atoms. The Morgan fingerprint density at radius 2 is 0.780 bits per heavy atom. The van der Waals surface area contributed by atoms with E-state index in [1.807, 2.05) is 5.32 Å². The van der Waals surface area contributed by atoms with Gasteiger partial charge in [0.2, 0.25) is 23.6 Å². The van der Waals surface area contributed by atoms with Gasteiger partial charge in [0.25, 0.3) is 17.4 Å². The Morgan fingerprint density at radius 3 is 1.22 bits per heavy atom. The molecule has 7 fully saturated rings. The molecule has 30 N–H and O–H groups in total. The van der Waals surface area contributed by atoms with Crippen LogP contribution < -0.4 is 21.3 Å². The number of hydrogen-bond acceptors (Lipinski definition) is 43. The summed E-state index contributed by atoms with van der Waals surface area (Å²) in [5.74, 6) is -22.7. The molecule has 0 unspecified atom stereocenters. The molecule has 0 aromatic rings. The highest BCUT2D eigenvalue weighted by Crippen LogP contribution is 2.44. The van der Waals surface area contributed by atoms with Gasteiger partial charge in [-0.1, -0.05) is 0 Å². The Morgan fingerprint density at radius 1 is 0.394 bits per heavy atom. The topological polar surface area (TPSA) is 814 Å². The smallest absolute Gasteiger partial charge is 0.364 e. The Labute approximate surface area is 613 Å². The summed E-state index contributed by atoms with van der Waals surface area (Å²) in [6.07, 6.45) is -77.6. The van der Waals surface area contributed by atoms with Gasteiger partial charge < -0.3 is 216 Å². The number of aliphatic hydroxyl groups excluding tert-OH is 23. The molecule has 38 atom stereocenters. The van der Waals surface area contributed by atoms with Gasteiger partial charge in [-0.2, -0.15) is 0 Å². The molecule has 7 rings (SSSR count). The first-order valence-corrected chi connectivity index (χ1v) is 33.7. The summed E-state index contributed by atoms with van der Waals surface area (Å²) in [5.41, 5.74) is 0. The monoisotopic (exact) mass is 1600 g/mol. The molecular formula is C59H96N4O46. The molecule has 7 aliphatic heterocycles. The molecule has 50 nitrogen and oxygen atoms in total. The lowest BCUT2D eigenvalue weighted by molar-refractivity contribution is -0.403. The number of ether oxygens (including phenoxy) is 13. The zero-order valence-electron chi connectivity index (χ0n) is 57.8. The summed E-state index contributed by atoms with van der Waals surface area (Å²) in [6.45, 7) is -8.34. The highest BCUT2D eigenvalue weighted by atomic mass is 16.8. The van der Waals surface area contributed by atoms with Crippen molar-refractivity contribution in [2.45, 2.75) is 272 Å². The average Bonchev–Trinajstić information content (AvgIpc) is 0.747. The molecule has 7 saturated heterocycles. The molecule has 7 aliphatic rings. The average molecular weight is 1600 g/mol. The van der Waals surface area contributed by atoms with Crippen molar-refractivity contribution in [2.24, 2.45) is 0 Å². The van der Waals surface area contributed by atoms with Crippen LogP contribution >= 0.6 is 0 Å². The predicted molar refractivity (Wildman–Crippen MR) is 331 cm³/mol. The van der Waals surface area contributed by atoms with E-state index in [0.29, 0.717) is 0 Å². The summed E-state index contributed by atoms with van der Waals surface area (Å²) in [4.78, 5) is 92.5. The van der Waals surface area contributed by atoms with Crippen LogP contribution in [0.1, 0.15) is 40.0 Å². The second-order valence-corrected chi connectivity index (χ2v) is 26.8. The van der Waals surface area contributed by atoms with Crippen LogP contribution in [-0.4, -0.2) is 459 Å². The molecular weight excluding hydrogens is 1500 g/mol. The number of nitrogens with one attached hydrogen (secondary N) is 4. The van der Waals surface area contributed by atoms with Gasteiger partial charge in [-0.25, -0.2) is 14.4 Å². The van der Waals surface area contributed by atoms with Gasteiger partial charge in [-0.05, 0) is 0 Å². The van der Waals surface area contributed by atoms with Crippen LogP contribution in [-0.2, 0) is 95.1 Å². The summed E-state index contributed by atoms with van der Waals surface area (Å²) in [6, 6.07) is -8.40. The SMILES string of the molecule is CC(=O)N[C@H]1[C@H](O[C@@H]2[C@H](O[C@]3(C(=O)O)C[C@H](O)[C@@H](NC(C)=O)[C@H]([C@H](O)[C@@H](CO)O[C@]4(C(=O)O)C[C@H](O)[C@@H](NC(C)=O)[C@H]([C@H](O)[C@@H](CO)O[C@]5(C(=O)O)C[C@H](O)[C@@H](NC(=O)CO)[C@H]([C@H](O)[C@H](O)CO)O5)O4)O3)[C@@H](O)[C@H](O[C@H]3[C@H](O)[C@@H](O)[C@H](O)O[C@@H]3CO)O[C@@H]2CO)O[C@H](CO)[C@H](O)[C@@H]1O[C@@H]1O[C@H](CO)[C@H](O)[C@H](O)[C@H]1O. The maximum atomic E-state index is 14.2. The van der Waals surface area contributed by atoms with Crippen molar-refractivity contribution in [1.29, 1.82) is 0 Å². The third-order valence-corrected chi connectivity index (χ3v) is 19.2. The number of rotatable bonds is 33. The predicted octanol–water partition coefficient (Wildman–Crippen LogP) is -19.1. The van der Waals surface area contributed by atoms with Crippen LogP contribution in [0.4, 0.5) is 0 Å². The van der Waals surface area contributed by atoms with Gasteiger partial charge in [-0.3, -0.25) is 19.2 Å². The Bertz CT molecular complexity index is 3030. The van der Waals surface area contributed by atoms with Gasteiger partial charge in [0.15, 0.2) is 25.2 Å². The van der Waals surface area contributed by atoms with Gasteiger partial charge >= 0.3 is 17.9 Å². The van der Waals surface area contributed by atoms with Crippen molar-refractivity contribution >= 4 is 41.5 Å². The van der Waals surface area contributed by atoms with Crippen LogP contribution in [0.2, 0.25) is 0 Å². The number of carboxylic acids is 3. The maximum absolute atomic E-state index is 14.2. The van der Waals surface area contributed by atoms with E-state index in [0.717, 1.165) is 20.8 Å². The van der Waals surface area contributed by atoms with E-state index in [1.54, 1.807) is 0 Å². The highest BCUT2D eigenvalue weighted by Gasteiger charge is 2.65. The molecule has 0 radical (unpaired) electrons. The van der Waals surface area contributed by atoms with Crippen LogP contribution in [0.15, 0.2) is 0 Å². The van der Waals surface area contributed by atoms with Crippen molar-refractivity contribution in [3.05, 3.63) is 0 Å². The van der Waals surface area contributed by atoms with Crippen LogP contribution in [0.25, 0.3) is 0 Å². The summed E-state index contributed by atoms with van der Waals surface area (Å²) in [7, 11) is 0. The quantitative estimate of drug-likeness (QED) is 0.0290. The van der Waals surface area contributed by atoms with E-state index >= 15 is 0 Å². The van der Waals surface area contributed by atoms with E-state index in [-0.39, 0.29) is 0 Å². The fourth-order valence-electron chi connectivity index (χ4n) is 13.7. The van der Waals surface area contributed by atoms with E-state index in [9.17, 15) is 166 Å². The van der Waals surface area contributed by atoms with Gasteiger partial charge in [0, 0.05) is 40.0 Å². The molecule has 628 valence electrons. The first-order chi connectivity index (χ1) is 51.1. The number of carboxylic acid groups (broad SMARTS) is 3. The van der Waals surface area contributed by atoms with Crippen molar-refractivity contribution in [3.8, 4) is 0 Å². The second kappa shape index (κ2) is 38.3. The second-order valence-electron chi connectivity index (χ2n) is 26.8. The van der Waals surface area contributed by atoms with Crippen LogP contribution in [0.3, 0.4) is 0 Å². The molecule has 0 spiro atoms. The summed E-state index contributed by atoms with van der Waals surface area (Å²) >= 11 is 0. The number of aliphatic hydroxyl groups is 23. The van der Waals surface area contributed by atoms with Crippen molar-refractivity contribution in [2.75, 3.05) is 52.9 Å². The van der Waals surface area contributed by atoms with E-state index in [1.165, 1.54) is 0 Å². The van der Waals surface area contributed by atoms with Crippen LogP contribution in [0, 0.1) is 0 Å². The molecule has 4 amide bonds. The fourth-order valence-corrected chi connectivity index (χ4v) is 13.7. The van der Waals surface area contributed by atoms with Crippen molar-refractivity contribution in [1.82, 2.24) is 21.3 Å². The van der Waals surface area contributed by atoms with E-state index in [2.05, 4.69) is 16.0 Å². The molecule has 0 saturated carbocycles. The summed E-state index contributed by atoms with van der Waals surface area (Å²) < 4.78 is 75.2. The minimum absolute atomic E-state index is 0.786. The Hall–Kier alpha value is -5.15. The van der Waals surface area contributed by atoms with Crippen molar-refractivity contribution < 1.29 is 228 Å². The largest absolute Gasteiger partial charge is 0.477 e. The fraction of sp³-hybridized carbons (Fsp3) is 0.881. The lowest BCUT2D eigenvalue weighted by Gasteiger charge is -2.53. The zero-order chi connectivity index (χ0) is 81.5. The summed E-state index contributed by atoms with van der Waals surface area (Å²) in [5, 5.41) is 294. The highest BCUT2D eigenvalue weighted by molar-refractivity contribution is 5.79. The van der Waals surface area contributed by atoms with Crippen molar-refractivity contribution in [3.63, 3.8) is 0 Å². The molecule has 7 heterocycles. The van der Waals surface area contributed by atoms with Gasteiger partial charge in [-0.15, -0.1) is 0 Å². The lowest BCUT2D eigenvalue weighted by Crippen LogP contribution is -2.73. The molecule has 0 aromatic carbocycles. The van der Waals surface area contributed by atoms with Crippen LogP contribution in [0.5, 0.6) is 0 Å². The number of aliphatic carboxylic acids is 3. The minimum atomic E-state index is -3.78. The number of carbonyl (C=O) groups excluding carboxylic acids is 4. The third-order valence-electron chi connectivity index (χ3n) is 19.2. The van der Waals surface area contributed by atoms with E-state index < -0.39 is 345 Å². The standard InChI is InChI=1S/C59H96N4O46/c1-15(72)60-29-18(75)4-58(55(93)94,107-47(29)36(83)24(10-67)104-57(54(91)92)5-20(77)31(63-28(79)14-71)46(106-57)33(80)21(78)7-64)105-25(11-68)37(84)48-30(61-16(2)73)19(76)6-59(108-48,56(95)96)109-49-42(89)53(101-43-26(12-69)97-50(90)40(87)39(43)86)100-27(13-70)44(49)102-51-32(62-17(3)74)45(35(82)23(9-66)98-51)103-52-41(88)38(85)34(81)22(8-65)99-52/h18-27,29-53,64-71,75-78,80-90H,4-14H2,1-3H3,(H,60,72)(H,61,73)(H,62,74)(H,63,79)(H,91,92)(H,93,94)(H,95,96)/t18-,19-,20-,21+,22+,23+,24+,25+,26+,27+,29+,30+,31+,32+,33+,34-,35-,36+,37+,38-,39+,40+,41+,42+,43+,44-,45+,46+,47+,48+,49+,50+,51-,52-,53-,57+,58+,59-/m0/s1. The number of carbonyl (C=O) groups is 7. The normalized spacial score (nSPS) is 43.1. The maximum Gasteiger partial charge on any atom is 0.364 e. The first kappa shape index (κ1) is 91.0. The number of hydrogen-bond donors (Lipinski definition) is 30. The minimum Gasteiger partial charge on any atom is -0.477 e. The Balaban J connectivity index is 1.30. The van der Waals surface area contributed by atoms with Gasteiger partial charge in [0.05, 0.1) is 82.7 Å². The molecule has 0 aliphatic carbocycles.